The molecule has 224 valence electrons. The first-order valence-corrected chi connectivity index (χ1v) is 15.5. The number of hydrogen-bond donors (Lipinski definition) is 0. The number of aromatic nitrogens is 2. The van der Waals surface area contributed by atoms with Crippen LogP contribution in [0.1, 0.15) is 64.6 Å². The van der Waals surface area contributed by atoms with E-state index in [1.165, 1.54) is 11.3 Å². The second kappa shape index (κ2) is 16.0. The number of benzene rings is 3. The molecule has 4 rings (SSSR count). The zero-order valence-corrected chi connectivity index (χ0v) is 26.1. The van der Waals surface area contributed by atoms with Gasteiger partial charge in [-0.3, -0.25) is 4.90 Å². The Bertz CT molecular complexity index is 1370. The highest BCUT2D eigenvalue weighted by Gasteiger charge is 2.22. The van der Waals surface area contributed by atoms with Crippen LogP contribution in [-0.2, 0) is 19.6 Å². The summed E-state index contributed by atoms with van der Waals surface area (Å²) in [5, 5.41) is 0. The minimum absolute atomic E-state index is 0.604. The Kier molecular flexibility index (Phi) is 11.9. The van der Waals surface area contributed by atoms with Gasteiger partial charge in [-0.1, -0.05) is 63.1 Å². The van der Waals surface area contributed by atoms with Gasteiger partial charge in [0.25, 0.3) is 0 Å². The smallest absolute Gasteiger partial charge is 0.161 e. The lowest BCUT2D eigenvalue weighted by Crippen LogP contribution is -2.26. The van der Waals surface area contributed by atoms with Crippen molar-refractivity contribution < 1.29 is 14.2 Å². The number of nitrogens with zero attached hydrogens (tertiary/aromatic N) is 3. The van der Waals surface area contributed by atoms with Gasteiger partial charge >= 0.3 is 0 Å². The van der Waals surface area contributed by atoms with E-state index in [-0.39, 0.29) is 0 Å². The van der Waals surface area contributed by atoms with Crippen LogP contribution in [0.5, 0.6) is 17.2 Å². The van der Waals surface area contributed by atoms with Gasteiger partial charge in [-0.2, -0.15) is 0 Å². The maximum absolute atomic E-state index is 5.95. The maximum Gasteiger partial charge on any atom is 0.161 e. The van der Waals surface area contributed by atoms with Crippen molar-refractivity contribution in [1.82, 2.24) is 14.5 Å². The van der Waals surface area contributed by atoms with Gasteiger partial charge in [0.2, 0.25) is 0 Å². The van der Waals surface area contributed by atoms with E-state index in [1.54, 1.807) is 7.11 Å². The van der Waals surface area contributed by atoms with Crippen LogP contribution in [0.15, 0.2) is 72.8 Å². The van der Waals surface area contributed by atoms with Crippen LogP contribution in [0.4, 0.5) is 0 Å². The predicted octanol–water partition coefficient (Wildman–Crippen LogP) is 8.63. The van der Waals surface area contributed by atoms with Gasteiger partial charge in [-0.05, 0) is 75.2 Å². The predicted molar refractivity (Wildman–Crippen MR) is 172 cm³/mol. The van der Waals surface area contributed by atoms with Crippen LogP contribution >= 0.6 is 0 Å². The molecule has 0 aliphatic rings. The molecule has 0 fully saturated rings. The molecule has 1 heterocycles. The van der Waals surface area contributed by atoms with Crippen LogP contribution in [-0.4, -0.2) is 41.3 Å². The quantitative estimate of drug-likeness (QED) is 0.127. The topological polar surface area (TPSA) is 48.8 Å². The molecule has 1 aromatic heterocycles. The Morgan fingerprint density at radius 2 is 1.45 bits per heavy atom. The summed E-state index contributed by atoms with van der Waals surface area (Å²) in [4.78, 5) is 7.88. The van der Waals surface area contributed by atoms with Crippen LogP contribution in [0.25, 0.3) is 22.6 Å². The summed E-state index contributed by atoms with van der Waals surface area (Å²) in [6.45, 7) is 13.3. The molecule has 0 aliphatic heterocycles. The van der Waals surface area contributed by atoms with Crippen molar-refractivity contribution in [3.63, 3.8) is 0 Å². The van der Waals surface area contributed by atoms with Crippen LogP contribution < -0.4 is 14.2 Å². The summed E-state index contributed by atoms with van der Waals surface area (Å²) in [5.41, 5.74) is 5.75. The van der Waals surface area contributed by atoms with Crippen molar-refractivity contribution in [3.8, 4) is 39.9 Å². The van der Waals surface area contributed by atoms with Crippen LogP contribution in [0, 0.1) is 0 Å². The van der Waals surface area contributed by atoms with Crippen LogP contribution in [0.3, 0.4) is 0 Å². The van der Waals surface area contributed by atoms with Gasteiger partial charge in [-0.25, -0.2) is 4.98 Å². The third kappa shape index (κ3) is 7.95. The van der Waals surface area contributed by atoms with Gasteiger partial charge < -0.3 is 18.8 Å². The zero-order valence-electron chi connectivity index (χ0n) is 26.1. The molecule has 0 bridgehead atoms. The van der Waals surface area contributed by atoms with Crippen molar-refractivity contribution in [2.45, 2.75) is 73.0 Å². The van der Waals surface area contributed by atoms with Crippen LogP contribution in [0.2, 0.25) is 0 Å². The molecule has 0 amide bonds. The van der Waals surface area contributed by atoms with E-state index < -0.39 is 0 Å². The highest BCUT2D eigenvalue weighted by molar-refractivity contribution is 5.69. The fraction of sp³-hybridized carbons (Fsp3) is 0.417. The number of methoxy groups -OCH3 is 1. The minimum atomic E-state index is 0.604. The molecule has 0 radical (unpaired) electrons. The molecule has 6 nitrogen and oxygen atoms in total. The summed E-state index contributed by atoms with van der Waals surface area (Å²) >= 11 is 0. The molecule has 0 spiro atoms. The Balaban J connectivity index is 1.78. The monoisotopic (exact) mass is 569 g/mol. The lowest BCUT2D eigenvalue weighted by atomic mass is 10.1. The first-order chi connectivity index (χ1) is 20.6. The lowest BCUT2D eigenvalue weighted by Gasteiger charge is -2.25. The van der Waals surface area contributed by atoms with Gasteiger partial charge in [-0.15, -0.1) is 0 Å². The average molecular weight is 570 g/mol. The Morgan fingerprint density at radius 1 is 0.738 bits per heavy atom. The number of imidazole rings is 1. The van der Waals surface area contributed by atoms with E-state index in [9.17, 15) is 0 Å². The SMILES string of the molecule is CCCCN(Cc1ccc(OCC)c(OCC)c1)Cc1c(-c2ccc(OC)cc2)nc(-c2ccccc2)n1CCCC. The fourth-order valence-corrected chi connectivity index (χ4v) is 5.25. The lowest BCUT2D eigenvalue weighted by molar-refractivity contribution is 0.245. The summed E-state index contributed by atoms with van der Waals surface area (Å²) in [6.07, 6.45) is 4.48. The molecule has 0 saturated carbocycles. The molecular weight excluding hydrogens is 522 g/mol. The molecule has 0 atom stereocenters. The maximum atomic E-state index is 5.95. The van der Waals surface area contributed by atoms with E-state index in [0.717, 1.165) is 91.8 Å². The summed E-state index contributed by atoms with van der Waals surface area (Å²) < 4.78 is 19.7. The molecule has 0 unspecified atom stereocenters. The standard InChI is InChI=1S/C36H47N3O3/c1-6-10-23-38(26-28-17-22-33(41-8-3)34(25-28)42-9-4)27-32-35(29-18-20-31(40-5)21-19-29)37-36(39(32)24-11-7-2)30-15-13-12-14-16-30/h12-22,25H,6-11,23-24,26-27H2,1-5H3. The van der Waals surface area contributed by atoms with Gasteiger partial charge in [0.1, 0.15) is 11.6 Å². The second-order valence-electron chi connectivity index (χ2n) is 10.5. The Labute approximate surface area is 252 Å². The normalized spacial score (nSPS) is 11.2. The fourth-order valence-electron chi connectivity index (χ4n) is 5.25. The third-order valence-corrected chi connectivity index (χ3v) is 7.42. The number of hydrogen-bond acceptors (Lipinski definition) is 5. The van der Waals surface area contributed by atoms with E-state index in [0.29, 0.717) is 13.2 Å². The molecule has 4 aromatic rings. The Hall–Kier alpha value is -3.77. The minimum Gasteiger partial charge on any atom is -0.497 e. The highest BCUT2D eigenvalue weighted by Crippen LogP contribution is 2.33. The first-order valence-electron chi connectivity index (χ1n) is 15.5. The molecule has 0 N–H and O–H groups in total. The zero-order chi connectivity index (χ0) is 29.7. The number of rotatable bonds is 17. The average Bonchev–Trinajstić information content (AvgIpc) is 3.38. The van der Waals surface area contributed by atoms with E-state index in [4.69, 9.17) is 19.2 Å². The third-order valence-electron chi connectivity index (χ3n) is 7.42. The van der Waals surface area contributed by atoms with Gasteiger partial charge in [0.05, 0.1) is 31.7 Å². The largest absolute Gasteiger partial charge is 0.497 e. The van der Waals surface area contributed by atoms with E-state index in [1.807, 2.05) is 32.0 Å². The first kappa shape index (κ1) is 31.2. The van der Waals surface area contributed by atoms with E-state index >= 15 is 0 Å². The molecule has 42 heavy (non-hydrogen) atoms. The number of unbranched alkanes of at least 4 members (excludes halogenated alkanes) is 2. The molecule has 0 saturated heterocycles. The summed E-state index contributed by atoms with van der Waals surface area (Å²) in [5.74, 6) is 3.49. The van der Waals surface area contributed by atoms with Crippen molar-refractivity contribution in [2.75, 3.05) is 26.9 Å². The summed E-state index contributed by atoms with van der Waals surface area (Å²) in [7, 11) is 1.71. The Morgan fingerprint density at radius 3 is 2.12 bits per heavy atom. The van der Waals surface area contributed by atoms with Crippen molar-refractivity contribution in [2.24, 2.45) is 0 Å². The van der Waals surface area contributed by atoms with E-state index in [2.05, 4.69) is 77.9 Å². The molecule has 6 heteroatoms. The highest BCUT2D eigenvalue weighted by atomic mass is 16.5. The second-order valence-corrected chi connectivity index (χ2v) is 10.5. The van der Waals surface area contributed by atoms with Gasteiger partial charge in [0, 0.05) is 30.8 Å². The summed E-state index contributed by atoms with van der Waals surface area (Å²) in [6, 6.07) is 25.2. The van der Waals surface area contributed by atoms with Crippen molar-refractivity contribution in [1.29, 1.82) is 0 Å². The van der Waals surface area contributed by atoms with Crippen molar-refractivity contribution in [3.05, 3.63) is 84.1 Å². The number of ether oxygens (including phenoxy) is 3. The molecule has 0 aliphatic carbocycles. The molecule has 3 aromatic carbocycles. The molecular formula is C36H47N3O3. The van der Waals surface area contributed by atoms with Crippen molar-refractivity contribution >= 4 is 0 Å². The van der Waals surface area contributed by atoms with Gasteiger partial charge in [0.15, 0.2) is 11.5 Å².